The second-order valence-electron chi connectivity index (χ2n) is 22.3. The van der Waals surface area contributed by atoms with Crippen LogP contribution < -0.4 is 9.47 Å². The minimum atomic E-state index is -0.913. The summed E-state index contributed by atoms with van der Waals surface area (Å²) in [4.78, 5) is 50.3. The number of aliphatic imine (C=N–C) groups is 3. The fourth-order valence-corrected chi connectivity index (χ4v) is 9.57. The highest BCUT2D eigenvalue weighted by Gasteiger charge is 2.13. The van der Waals surface area contributed by atoms with E-state index in [-0.39, 0.29) is 28.6 Å². The Bertz CT molecular complexity index is 3250. The van der Waals surface area contributed by atoms with Crippen LogP contribution in [-0.4, -0.2) is 51.9 Å². The first kappa shape index (κ1) is 68.9. The van der Waals surface area contributed by atoms with Crippen LogP contribution >= 0.6 is 0 Å². The lowest BCUT2D eigenvalue weighted by atomic mass is 10.0. The Labute approximate surface area is 528 Å². The van der Waals surface area contributed by atoms with E-state index < -0.39 is 17.9 Å². The van der Waals surface area contributed by atoms with E-state index in [9.17, 15) is 14.4 Å². The fourth-order valence-electron chi connectivity index (χ4n) is 9.57. The highest BCUT2D eigenvalue weighted by Crippen LogP contribution is 2.24. The average Bonchev–Trinajstić information content (AvgIpc) is 3.75. The van der Waals surface area contributed by atoms with Crippen molar-refractivity contribution in [1.82, 2.24) is 0 Å². The van der Waals surface area contributed by atoms with E-state index in [1.54, 1.807) is 91.4 Å². The highest BCUT2D eigenvalue weighted by atomic mass is 16.5. The number of carboxylic acid groups (broad SMARTS) is 1. The number of phenolic OH excluding ortho intramolecular Hbond substituents is 2. The molecule has 0 aromatic heterocycles. The predicted octanol–water partition coefficient (Wildman–Crippen LogP) is 20.6. The van der Waals surface area contributed by atoms with Crippen LogP contribution in [0.5, 0.6) is 23.0 Å². The molecule has 0 fully saturated rings. The van der Waals surface area contributed by atoms with Crippen LogP contribution in [0.3, 0.4) is 0 Å². The van der Waals surface area contributed by atoms with Crippen LogP contribution in [-0.2, 0) is 19.3 Å². The highest BCUT2D eigenvalue weighted by molar-refractivity contribution is 5.94. The van der Waals surface area contributed by atoms with Crippen molar-refractivity contribution in [2.24, 2.45) is 15.0 Å². The fraction of sp³-hybridized carbons (Fsp3) is 0.308. The number of hydrogen-bond acceptors (Lipinski definition) is 10. The van der Waals surface area contributed by atoms with E-state index in [0.717, 1.165) is 53.0 Å². The largest absolute Gasteiger partial charge is 0.508 e. The molecule has 0 heterocycles. The second kappa shape index (κ2) is 40.3. The third-order valence-corrected chi connectivity index (χ3v) is 14.9. The van der Waals surface area contributed by atoms with Gasteiger partial charge in [0.15, 0.2) is 0 Å². The van der Waals surface area contributed by atoms with Crippen molar-refractivity contribution in [2.75, 3.05) is 0 Å². The molecule has 11 heteroatoms. The van der Waals surface area contributed by atoms with Crippen LogP contribution in [0.15, 0.2) is 209 Å². The van der Waals surface area contributed by atoms with E-state index in [2.05, 4.69) is 72.1 Å². The van der Waals surface area contributed by atoms with Crippen LogP contribution in [0, 0.1) is 0 Å². The molecule has 0 atom stereocenters. The number of hydrogen-bond donors (Lipinski definition) is 3. The van der Waals surface area contributed by atoms with Gasteiger partial charge >= 0.3 is 17.9 Å². The number of nitrogens with zero attached hydrogens (tertiary/aromatic N) is 3. The monoisotopic (exact) mass is 1200 g/mol. The number of aryl methyl sites for hydroxylation is 3. The molecule has 3 N–H and O–H groups in total. The van der Waals surface area contributed by atoms with E-state index in [4.69, 9.17) is 24.8 Å². The zero-order valence-electron chi connectivity index (χ0n) is 52.3. The molecule has 0 radical (unpaired) electrons. The van der Waals surface area contributed by atoms with E-state index in [1.807, 2.05) is 60.7 Å². The lowest BCUT2D eigenvalue weighted by Crippen LogP contribution is -2.10. The van der Waals surface area contributed by atoms with Crippen molar-refractivity contribution in [3.8, 4) is 23.0 Å². The van der Waals surface area contributed by atoms with Gasteiger partial charge in [-0.15, -0.1) is 0 Å². The number of benzene rings is 8. The summed E-state index contributed by atoms with van der Waals surface area (Å²) in [5.41, 5.74) is 10.4. The Kier molecular flexibility index (Phi) is 31.2. The topological polar surface area (TPSA) is 167 Å². The first-order valence-corrected chi connectivity index (χ1v) is 31.9. The molecule has 0 unspecified atom stereocenters. The molecule has 8 aromatic rings. The third kappa shape index (κ3) is 27.6. The Morgan fingerprint density at radius 1 is 0.348 bits per heavy atom. The molecule has 89 heavy (non-hydrogen) atoms. The van der Waals surface area contributed by atoms with Gasteiger partial charge in [0.25, 0.3) is 0 Å². The molecular formula is C78H89N3O8. The van der Waals surface area contributed by atoms with Crippen LogP contribution in [0.1, 0.15) is 201 Å². The lowest BCUT2D eigenvalue weighted by Gasteiger charge is -2.08. The number of ether oxygens (including phenoxy) is 2. The van der Waals surface area contributed by atoms with E-state index >= 15 is 0 Å². The maximum Gasteiger partial charge on any atom is 0.343 e. The molecule has 8 aromatic carbocycles. The quantitative estimate of drug-likeness (QED) is 0.0162. The number of carbonyl (C=O) groups excluding carboxylic acids is 2. The normalized spacial score (nSPS) is 11.0. The SMILES string of the molecule is CCCCCCCCc1ccc(N=Cc2ccc(C(=O)O)cc2)cc1.CCCCCCCCc1ccc(N=Cc2ccc(C(=O)Oc3cccc(OC(=O)c4ccc(C=Nc5ccc(CCCCCCCC)cc5)cc4)c3)cc2)cc1.Oc1cccc(O)c1. The molecule has 0 spiro atoms. The smallest absolute Gasteiger partial charge is 0.343 e. The average molecular weight is 1200 g/mol. The molecule has 0 aliphatic heterocycles. The van der Waals surface area contributed by atoms with Crippen LogP contribution in [0.25, 0.3) is 0 Å². The van der Waals surface area contributed by atoms with Crippen LogP contribution in [0.2, 0.25) is 0 Å². The van der Waals surface area contributed by atoms with Gasteiger partial charge in [-0.05, 0) is 169 Å². The molecule has 0 amide bonds. The lowest BCUT2D eigenvalue weighted by molar-refractivity contribution is 0.0691. The molecule has 0 saturated carbocycles. The number of unbranched alkanes of at least 4 members (excludes halogenated alkanes) is 15. The second-order valence-corrected chi connectivity index (χ2v) is 22.3. The Morgan fingerprint density at radius 3 is 0.933 bits per heavy atom. The van der Waals surface area contributed by atoms with Gasteiger partial charge in [0.1, 0.15) is 23.0 Å². The Morgan fingerprint density at radius 2 is 0.640 bits per heavy atom. The molecule has 0 saturated heterocycles. The van der Waals surface area contributed by atoms with Gasteiger partial charge in [0, 0.05) is 30.8 Å². The summed E-state index contributed by atoms with van der Waals surface area (Å²) in [7, 11) is 0. The standard InChI is InChI=1S/C50H56N2O4.C22H27NO2.C6H6O2/c1-3-5-7-9-11-13-16-39-24-32-45(33-25-39)51-37-41-20-28-43(29-21-41)49(53)55-47-18-15-19-48(36-47)56-50(54)44-30-22-42(23-31-44)38-52-46-34-26-40(27-35-46)17-14-12-10-8-6-4-2;1-2-3-4-5-6-7-8-18-11-15-21(16-12-18)23-17-19-9-13-20(14-10-19)22(24)25;7-5-2-1-3-6(8)4-5/h15,18-38H,3-14,16-17H2,1-2H3;9-17H,2-8H2,1H3,(H,24,25);1-4,7-8H. The molecule has 11 nitrogen and oxygen atoms in total. The number of aromatic hydroxyl groups is 2. The minimum absolute atomic E-state index is 0.0880. The first-order valence-electron chi connectivity index (χ1n) is 31.9. The molecule has 464 valence electrons. The number of aromatic carboxylic acids is 1. The zero-order valence-corrected chi connectivity index (χ0v) is 52.3. The van der Waals surface area contributed by atoms with Crippen LogP contribution in [0.4, 0.5) is 17.1 Å². The summed E-state index contributed by atoms with van der Waals surface area (Å²) < 4.78 is 11.2. The first-order chi connectivity index (χ1) is 43.5. The summed E-state index contributed by atoms with van der Waals surface area (Å²) in [5.74, 6) is -1.22. The Balaban J connectivity index is 0.000000312. The maximum atomic E-state index is 12.9. The van der Waals surface area contributed by atoms with Gasteiger partial charge < -0.3 is 24.8 Å². The summed E-state index contributed by atoms with van der Waals surface area (Å²) in [6, 6.07) is 58.4. The van der Waals surface area contributed by atoms with Gasteiger partial charge in [-0.1, -0.05) is 202 Å². The van der Waals surface area contributed by atoms with Crippen molar-refractivity contribution in [2.45, 2.75) is 156 Å². The molecule has 8 rings (SSSR count). The molecule has 0 aliphatic carbocycles. The summed E-state index contributed by atoms with van der Waals surface area (Å²) >= 11 is 0. The summed E-state index contributed by atoms with van der Waals surface area (Å²) in [5, 5.41) is 26.2. The zero-order chi connectivity index (χ0) is 63.1. The molecule has 0 aliphatic rings. The van der Waals surface area contributed by atoms with E-state index in [0.29, 0.717) is 11.1 Å². The van der Waals surface area contributed by atoms with Crippen molar-refractivity contribution in [3.63, 3.8) is 0 Å². The number of carboxylic acids is 1. The number of carbonyl (C=O) groups is 3. The Hall–Kier alpha value is -9.22. The number of esters is 2. The summed E-state index contributed by atoms with van der Waals surface area (Å²) in [6.45, 7) is 6.74. The third-order valence-electron chi connectivity index (χ3n) is 14.9. The van der Waals surface area contributed by atoms with Crippen molar-refractivity contribution < 1.29 is 39.2 Å². The number of rotatable bonds is 32. The minimum Gasteiger partial charge on any atom is -0.508 e. The van der Waals surface area contributed by atoms with Crippen molar-refractivity contribution in [3.05, 3.63) is 244 Å². The van der Waals surface area contributed by atoms with Crippen molar-refractivity contribution >= 4 is 53.6 Å². The van der Waals surface area contributed by atoms with Gasteiger partial charge in [0.2, 0.25) is 0 Å². The van der Waals surface area contributed by atoms with E-state index in [1.165, 1.54) is 157 Å². The molecule has 0 bridgehead atoms. The summed E-state index contributed by atoms with van der Waals surface area (Å²) in [6.07, 6.45) is 32.1. The molecular weight excluding hydrogens is 1110 g/mol. The number of phenols is 2. The predicted molar refractivity (Wildman–Crippen MR) is 365 cm³/mol. The van der Waals surface area contributed by atoms with Gasteiger partial charge in [-0.2, -0.15) is 0 Å². The van der Waals surface area contributed by atoms with Gasteiger partial charge in [0.05, 0.1) is 33.8 Å². The van der Waals surface area contributed by atoms with Crippen molar-refractivity contribution in [1.29, 1.82) is 0 Å². The van der Waals surface area contributed by atoms with Gasteiger partial charge in [-0.3, -0.25) is 15.0 Å². The van der Waals surface area contributed by atoms with Gasteiger partial charge in [-0.25, -0.2) is 14.4 Å². The maximum absolute atomic E-state index is 12.9.